The molecule has 0 atom stereocenters. The van der Waals surface area contributed by atoms with Gasteiger partial charge in [-0.15, -0.1) is 11.3 Å². The topological polar surface area (TPSA) is 36.7 Å². The Hall–Kier alpha value is -1.66. The van der Waals surface area contributed by atoms with E-state index in [1.165, 1.54) is 5.56 Å². The highest BCUT2D eigenvalue weighted by Gasteiger charge is 2.23. The first-order chi connectivity index (χ1) is 8.91. The molecule has 0 radical (unpaired) electrons. The molecule has 0 aliphatic carbocycles. The molecule has 2 rings (SSSR count). The maximum absolute atomic E-state index is 8.95. The Kier molecular flexibility index (Phi) is 3.73. The molecule has 98 valence electrons. The van der Waals surface area contributed by atoms with Crippen LogP contribution in [0, 0.1) is 18.3 Å². The zero-order valence-corrected chi connectivity index (χ0v) is 12.6. The molecule has 0 N–H and O–H groups in total. The largest absolute Gasteiger partial charge is 0.240 e. The summed E-state index contributed by atoms with van der Waals surface area (Å²) in [7, 11) is 0. The molecular weight excluding hydrogens is 252 g/mol. The summed E-state index contributed by atoms with van der Waals surface area (Å²) < 4.78 is 0. The van der Waals surface area contributed by atoms with Gasteiger partial charge in [-0.3, -0.25) is 0 Å². The van der Waals surface area contributed by atoms with Crippen molar-refractivity contribution in [3.63, 3.8) is 0 Å². The molecule has 3 heteroatoms. The van der Waals surface area contributed by atoms with E-state index in [0.717, 1.165) is 21.1 Å². The quantitative estimate of drug-likeness (QED) is 0.806. The lowest BCUT2D eigenvalue weighted by molar-refractivity contribution is 0.568. The molecule has 0 aliphatic heterocycles. The highest BCUT2D eigenvalue weighted by Crippen LogP contribution is 2.34. The second kappa shape index (κ2) is 5.14. The van der Waals surface area contributed by atoms with Crippen molar-refractivity contribution in [2.24, 2.45) is 0 Å². The van der Waals surface area contributed by atoms with Crippen molar-refractivity contribution in [2.45, 2.75) is 39.5 Å². The van der Waals surface area contributed by atoms with Crippen molar-refractivity contribution in [2.75, 3.05) is 0 Å². The molecule has 0 bridgehead atoms. The van der Waals surface area contributed by atoms with Gasteiger partial charge in [-0.25, -0.2) is 4.98 Å². The van der Waals surface area contributed by atoms with Crippen LogP contribution in [0.1, 0.15) is 36.9 Å². The molecule has 0 fully saturated rings. The van der Waals surface area contributed by atoms with Crippen LogP contribution in [0.25, 0.3) is 10.6 Å². The first-order valence-electron chi connectivity index (χ1n) is 6.36. The number of rotatable bonds is 2. The smallest absolute Gasteiger partial charge is 0.123 e. The van der Waals surface area contributed by atoms with Gasteiger partial charge in [0.05, 0.1) is 18.2 Å². The third kappa shape index (κ3) is 3.02. The Morgan fingerprint density at radius 2 is 1.84 bits per heavy atom. The maximum Gasteiger partial charge on any atom is 0.123 e. The molecule has 0 amide bonds. The van der Waals surface area contributed by atoms with Crippen molar-refractivity contribution in [1.29, 1.82) is 5.26 Å². The summed E-state index contributed by atoms with van der Waals surface area (Å²) in [4.78, 5) is 5.86. The molecule has 1 aromatic carbocycles. The van der Waals surface area contributed by atoms with Crippen LogP contribution in [0.5, 0.6) is 0 Å². The molecule has 2 nitrogen and oxygen atoms in total. The summed E-state index contributed by atoms with van der Waals surface area (Å²) in [5, 5.41) is 9.96. The number of hydrogen-bond acceptors (Lipinski definition) is 3. The van der Waals surface area contributed by atoms with Crippen molar-refractivity contribution in [3.8, 4) is 16.6 Å². The van der Waals surface area contributed by atoms with Gasteiger partial charge in [0.2, 0.25) is 0 Å². The molecule has 0 aliphatic rings. The molecule has 0 saturated heterocycles. The van der Waals surface area contributed by atoms with Gasteiger partial charge in [-0.05, 0) is 6.92 Å². The Morgan fingerprint density at radius 1 is 1.21 bits per heavy atom. The van der Waals surface area contributed by atoms with Crippen LogP contribution in [0.3, 0.4) is 0 Å². The third-order valence-electron chi connectivity index (χ3n) is 2.95. The molecule has 0 unspecified atom stereocenters. The molecule has 2 aromatic rings. The van der Waals surface area contributed by atoms with Gasteiger partial charge in [0.25, 0.3) is 0 Å². The fourth-order valence-corrected chi connectivity index (χ4v) is 3.16. The van der Waals surface area contributed by atoms with E-state index in [1.807, 2.05) is 0 Å². The van der Waals surface area contributed by atoms with E-state index < -0.39 is 0 Å². The first-order valence-corrected chi connectivity index (χ1v) is 7.17. The van der Waals surface area contributed by atoms with Crippen LogP contribution in [0.4, 0.5) is 0 Å². The van der Waals surface area contributed by atoms with E-state index in [0.29, 0.717) is 6.42 Å². The Balaban J connectivity index is 2.49. The summed E-state index contributed by atoms with van der Waals surface area (Å²) in [6.07, 6.45) is 0.441. The average Bonchev–Trinajstić information content (AvgIpc) is 2.74. The minimum absolute atomic E-state index is 0.0222. The van der Waals surface area contributed by atoms with Crippen molar-refractivity contribution < 1.29 is 0 Å². The number of aryl methyl sites for hydroxylation is 1. The predicted octanol–water partition coefficient (Wildman–Crippen LogP) is 4.48. The van der Waals surface area contributed by atoms with Gasteiger partial charge in [-0.2, -0.15) is 5.26 Å². The lowest BCUT2D eigenvalue weighted by atomic mass is 9.91. The molecule has 0 spiro atoms. The fraction of sp³-hybridized carbons (Fsp3) is 0.375. The molecule has 0 saturated carbocycles. The molecule has 1 aromatic heterocycles. The van der Waals surface area contributed by atoms with E-state index in [-0.39, 0.29) is 5.41 Å². The van der Waals surface area contributed by atoms with Gasteiger partial charge >= 0.3 is 0 Å². The van der Waals surface area contributed by atoms with Gasteiger partial charge in [0.1, 0.15) is 5.01 Å². The van der Waals surface area contributed by atoms with Crippen molar-refractivity contribution >= 4 is 11.3 Å². The minimum Gasteiger partial charge on any atom is -0.240 e. The lowest BCUT2D eigenvalue weighted by Gasteiger charge is -2.16. The van der Waals surface area contributed by atoms with Crippen LogP contribution in [0.15, 0.2) is 24.3 Å². The number of thiazole rings is 1. The van der Waals surface area contributed by atoms with Gasteiger partial charge in [0.15, 0.2) is 0 Å². The number of nitrogens with zero attached hydrogens (tertiary/aromatic N) is 2. The zero-order valence-electron chi connectivity index (χ0n) is 11.8. The summed E-state index contributed by atoms with van der Waals surface area (Å²) in [5.74, 6) is 0. The number of nitriles is 1. The van der Waals surface area contributed by atoms with E-state index in [2.05, 4.69) is 58.0 Å². The van der Waals surface area contributed by atoms with Crippen LogP contribution >= 0.6 is 11.3 Å². The van der Waals surface area contributed by atoms with Crippen molar-refractivity contribution in [3.05, 3.63) is 40.4 Å². The van der Waals surface area contributed by atoms with Gasteiger partial charge in [-0.1, -0.05) is 50.6 Å². The number of aromatic nitrogens is 1. The van der Waals surface area contributed by atoms with Crippen LogP contribution in [0.2, 0.25) is 0 Å². The van der Waals surface area contributed by atoms with E-state index >= 15 is 0 Å². The zero-order chi connectivity index (χ0) is 14.0. The summed E-state index contributed by atoms with van der Waals surface area (Å²) in [6.45, 7) is 8.50. The molecular formula is C16H18N2S. The summed E-state index contributed by atoms with van der Waals surface area (Å²) in [5.41, 5.74) is 3.40. The fourth-order valence-electron chi connectivity index (χ4n) is 1.95. The molecule has 1 heterocycles. The average molecular weight is 270 g/mol. The van der Waals surface area contributed by atoms with Gasteiger partial charge < -0.3 is 0 Å². The summed E-state index contributed by atoms with van der Waals surface area (Å²) in [6, 6.07) is 10.6. The summed E-state index contributed by atoms with van der Waals surface area (Å²) >= 11 is 1.64. The first kappa shape index (κ1) is 13.8. The van der Waals surface area contributed by atoms with E-state index in [4.69, 9.17) is 10.2 Å². The minimum atomic E-state index is -0.0222. The number of hydrogen-bond donors (Lipinski definition) is 0. The van der Waals surface area contributed by atoms with Crippen LogP contribution in [-0.2, 0) is 11.8 Å². The van der Waals surface area contributed by atoms with E-state index in [1.54, 1.807) is 11.3 Å². The lowest BCUT2D eigenvalue weighted by Crippen LogP contribution is -2.13. The maximum atomic E-state index is 8.95. The Bertz CT molecular complexity index is 610. The third-order valence-corrected chi connectivity index (χ3v) is 4.05. The monoisotopic (exact) mass is 270 g/mol. The predicted molar refractivity (Wildman–Crippen MR) is 80.3 cm³/mol. The van der Waals surface area contributed by atoms with Gasteiger partial charge in [0, 0.05) is 15.9 Å². The molecule has 19 heavy (non-hydrogen) atoms. The van der Waals surface area contributed by atoms with Crippen molar-refractivity contribution in [1.82, 2.24) is 4.98 Å². The van der Waals surface area contributed by atoms with E-state index in [9.17, 15) is 0 Å². The van der Waals surface area contributed by atoms with Crippen LogP contribution in [-0.4, -0.2) is 4.98 Å². The number of benzene rings is 1. The second-order valence-corrected chi connectivity index (χ2v) is 6.83. The highest BCUT2D eigenvalue weighted by molar-refractivity contribution is 7.15. The second-order valence-electron chi connectivity index (χ2n) is 5.74. The normalized spacial score (nSPS) is 11.3. The SMILES string of the molecule is Cc1ccc(-c2nc(C(C)(C)C)c(CC#N)s2)cc1. The highest BCUT2D eigenvalue weighted by atomic mass is 32.1. The Morgan fingerprint density at radius 3 is 2.37 bits per heavy atom. The standard InChI is InChI=1S/C16H18N2S/c1-11-5-7-12(8-6-11)15-18-14(16(2,3)4)13(19-15)9-10-17/h5-8H,9H2,1-4H3. The Labute approximate surface area is 118 Å². The van der Waals surface area contributed by atoms with Crippen LogP contribution < -0.4 is 0 Å².